The van der Waals surface area contributed by atoms with Crippen LogP contribution in [0, 0.1) is 0 Å². The number of hydrogen-bond acceptors (Lipinski definition) is 3. The van der Waals surface area contributed by atoms with E-state index in [1.165, 1.54) is 4.90 Å². The van der Waals surface area contributed by atoms with E-state index in [2.05, 4.69) is 0 Å². The summed E-state index contributed by atoms with van der Waals surface area (Å²) >= 11 is 0. The van der Waals surface area contributed by atoms with Gasteiger partial charge in [-0.25, -0.2) is 0 Å². The third-order valence-corrected chi connectivity index (χ3v) is 4.08. The third kappa shape index (κ3) is 3.15. The monoisotopic (exact) mass is 289 g/mol. The fourth-order valence-corrected chi connectivity index (χ4v) is 3.01. The number of quaternary nitrogens is 1. The number of nitrogens with one attached hydrogen (secondary N) is 1. The number of hydrogen-bond donors (Lipinski definition) is 2. The highest BCUT2D eigenvalue weighted by atomic mass is 16.5. The van der Waals surface area contributed by atoms with Gasteiger partial charge in [-0.2, -0.15) is 0 Å². The molecule has 2 heterocycles. The number of para-hydroxylation sites is 1. The Bertz CT molecular complexity index is 617. The Morgan fingerprint density at radius 2 is 2.10 bits per heavy atom. The van der Waals surface area contributed by atoms with Gasteiger partial charge in [0.25, 0.3) is 0 Å². The molecule has 2 N–H and O–H groups in total. The summed E-state index contributed by atoms with van der Waals surface area (Å²) in [6.45, 7) is 4.66. The summed E-state index contributed by atoms with van der Waals surface area (Å²) in [5.41, 5.74) is 1.67. The van der Waals surface area contributed by atoms with Crippen LogP contribution in [0.15, 0.2) is 30.5 Å². The minimum atomic E-state index is -0.423. The molecule has 3 rings (SSSR count). The lowest BCUT2D eigenvalue weighted by atomic mass is 10.2. The van der Waals surface area contributed by atoms with Gasteiger partial charge in [-0.1, -0.05) is 18.2 Å². The van der Waals surface area contributed by atoms with Crippen LogP contribution in [0.25, 0.3) is 10.9 Å². The van der Waals surface area contributed by atoms with Gasteiger partial charge in [-0.3, -0.25) is 4.79 Å². The molecule has 1 atom stereocenters. The zero-order chi connectivity index (χ0) is 14.7. The first-order chi connectivity index (χ1) is 10.3. The van der Waals surface area contributed by atoms with Crippen molar-refractivity contribution in [2.75, 3.05) is 32.8 Å². The summed E-state index contributed by atoms with van der Waals surface area (Å²) < 4.78 is 7.30. The maximum Gasteiger partial charge on any atom is 0.152 e. The van der Waals surface area contributed by atoms with Crippen molar-refractivity contribution in [1.82, 2.24) is 4.57 Å². The second kappa shape index (κ2) is 6.39. The van der Waals surface area contributed by atoms with Crippen molar-refractivity contribution >= 4 is 17.2 Å². The van der Waals surface area contributed by atoms with Crippen molar-refractivity contribution in [1.29, 1.82) is 0 Å². The molecular weight excluding hydrogens is 268 g/mol. The van der Waals surface area contributed by atoms with Crippen LogP contribution < -0.4 is 4.90 Å². The zero-order valence-electron chi connectivity index (χ0n) is 12.0. The number of carbonyl (C=O) groups is 1. The number of nitrogens with zero attached hydrogens (tertiary/aromatic N) is 1. The summed E-state index contributed by atoms with van der Waals surface area (Å²) in [7, 11) is 0. The number of aliphatic hydroxyl groups is 1. The smallest absolute Gasteiger partial charge is 0.152 e. The highest BCUT2D eigenvalue weighted by Gasteiger charge is 2.19. The van der Waals surface area contributed by atoms with Crippen molar-refractivity contribution in [2.45, 2.75) is 12.6 Å². The van der Waals surface area contributed by atoms with Gasteiger partial charge < -0.3 is 19.3 Å². The summed E-state index contributed by atoms with van der Waals surface area (Å²) in [6, 6.07) is 7.80. The average Bonchev–Trinajstić information content (AvgIpc) is 2.86. The molecule has 2 aromatic rings. The van der Waals surface area contributed by atoms with Crippen molar-refractivity contribution in [2.24, 2.45) is 0 Å². The van der Waals surface area contributed by atoms with E-state index in [9.17, 15) is 9.90 Å². The van der Waals surface area contributed by atoms with E-state index >= 15 is 0 Å². The number of aldehydes is 1. The molecule has 5 heteroatoms. The quantitative estimate of drug-likeness (QED) is 0.745. The van der Waals surface area contributed by atoms with E-state index < -0.39 is 6.10 Å². The number of morpholine rings is 1. The Labute approximate surface area is 123 Å². The number of carbonyl (C=O) groups excluding carboxylic acids is 1. The molecule has 1 saturated heterocycles. The van der Waals surface area contributed by atoms with E-state index in [1.807, 2.05) is 35.0 Å². The summed E-state index contributed by atoms with van der Waals surface area (Å²) in [6.07, 6.45) is 2.28. The Morgan fingerprint density at radius 3 is 2.86 bits per heavy atom. The third-order valence-electron chi connectivity index (χ3n) is 4.08. The highest BCUT2D eigenvalue weighted by molar-refractivity contribution is 5.97. The van der Waals surface area contributed by atoms with Crippen molar-refractivity contribution in [3.63, 3.8) is 0 Å². The highest BCUT2D eigenvalue weighted by Crippen LogP contribution is 2.20. The molecule has 112 valence electrons. The van der Waals surface area contributed by atoms with Gasteiger partial charge in [-0.15, -0.1) is 0 Å². The second-order valence-corrected chi connectivity index (χ2v) is 5.59. The normalized spacial score (nSPS) is 18.0. The molecule has 21 heavy (non-hydrogen) atoms. The van der Waals surface area contributed by atoms with E-state index in [4.69, 9.17) is 4.74 Å². The molecule has 1 fully saturated rings. The van der Waals surface area contributed by atoms with Crippen molar-refractivity contribution in [3.8, 4) is 0 Å². The van der Waals surface area contributed by atoms with E-state index in [0.717, 1.165) is 43.5 Å². The molecule has 0 aliphatic carbocycles. The molecule has 0 saturated carbocycles. The zero-order valence-corrected chi connectivity index (χ0v) is 12.0. The SMILES string of the molecule is O=Cc1cn(C[C@@H](O)C[NH+]2CCOCC2)c2ccccc12. The molecule has 1 aromatic carbocycles. The van der Waals surface area contributed by atoms with Gasteiger partial charge in [0, 0.05) is 22.7 Å². The number of rotatable bonds is 5. The standard InChI is InChI=1S/C16H20N2O3/c19-12-13-9-18(16-4-2-1-3-15(13)16)11-14(20)10-17-5-7-21-8-6-17/h1-4,9,12,14,20H,5-8,10-11H2/p+1/t14-/m0/s1. The maximum absolute atomic E-state index is 11.1. The molecule has 0 spiro atoms. The largest absolute Gasteiger partial charge is 0.385 e. The average molecular weight is 289 g/mol. The first-order valence-electron chi connectivity index (χ1n) is 7.40. The first-order valence-corrected chi connectivity index (χ1v) is 7.40. The van der Waals surface area contributed by atoms with E-state index in [1.54, 1.807) is 0 Å². The van der Waals surface area contributed by atoms with Crippen LogP contribution in [0.5, 0.6) is 0 Å². The number of aliphatic hydroxyl groups excluding tert-OH is 1. The van der Waals surface area contributed by atoms with Gasteiger partial charge in [0.15, 0.2) is 6.29 Å². The van der Waals surface area contributed by atoms with Crippen LogP contribution >= 0.6 is 0 Å². The molecule has 0 bridgehead atoms. The van der Waals surface area contributed by atoms with Gasteiger partial charge in [-0.05, 0) is 6.07 Å². The van der Waals surface area contributed by atoms with Gasteiger partial charge in [0.2, 0.25) is 0 Å². The molecular formula is C16H21N2O3+. The molecule has 0 radical (unpaired) electrons. The second-order valence-electron chi connectivity index (χ2n) is 5.59. The molecule has 0 unspecified atom stereocenters. The van der Waals surface area contributed by atoms with Crippen LogP contribution in [0.4, 0.5) is 0 Å². The first kappa shape index (κ1) is 14.3. The lowest BCUT2D eigenvalue weighted by Gasteiger charge is -2.26. The topological polar surface area (TPSA) is 55.9 Å². The van der Waals surface area contributed by atoms with Crippen molar-refractivity contribution < 1.29 is 19.5 Å². The van der Waals surface area contributed by atoms with Gasteiger partial charge in [0.1, 0.15) is 25.7 Å². The minimum absolute atomic E-state index is 0.423. The van der Waals surface area contributed by atoms with Gasteiger partial charge >= 0.3 is 0 Å². The fourth-order valence-electron chi connectivity index (χ4n) is 3.01. The van der Waals surface area contributed by atoms with E-state index in [0.29, 0.717) is 18.7 Å². The molecule has 1 aliphatic heterocycles. The van der Waals surface area contributed by atoms with Crippen LogP contribution in [0.1, 0.15) is 10.4 Å². The lowest BCUT2D eigenvalue weighted by molar-refractivity contribution is -0.911. The number of fused-ring (bicyclic) bond motifs is 1. The predicted molar refractivity (Wildman–Crippen MR) is 79.7 cm³/mol. The number of benzene rings is 1. The summed E-state index contributed by atoms with van der Waals surface area (Å²) in [5.74, 6) is 0. The fraction of sp³-hybridized carbons (Fsp3) is 0.438. The molecule has 5 nitrogen and oxygen atoms in total. The van der Waals surface area contributed by atoms with Crippen LogP contribution in [-0.4, -0.2) is 54.9 Å². The molecule has 1 aliphatic rings. The van der Waals surface area contributed by atoms with E-state index in [-0.39, 0.29) is 0 Å². The summed E-state index contributed by atoms with van der Waals surface area (Å²) in [5, 5.41) is 11.3. The number of ether oxygens (including phenoxy) is 1. The van der Waals surface area contributed by atoms with Crippen LogP contribution in [0.2, 0.25) is 0 Å². The minimum Gasteiger partial charge on any atom is -0.385 e. The molecule has 0 amide bonds. The van der Waals surface area contributed by atoms with Crippen LogP contribution in [0.3, 0.4) is 0 Å². The Hall–Kier alpha value is -1.69. The predicted octanol–water partition coefficient (Wildman–Crippen LogP) is -0.270. The summed E-state index contributed by atoms with van der Waals surface area (Å²) in [4.78, 5) is 12.5. The molecule has 1 aromatic heterocycles. The maximum atomic E-state index is 11.1. The van der Waals surface area contributed by atoms with Gasteiger partial charge in [0.05, 0.1) is 19.8 Å². The van der Waals surface area contributed by atoms with Crippen LogP contribution in [-0.2, 0) is 11.3 Å². The lowest BCUT2D eigenvalue weighted by Crippen LogP contribution is -3.15. The Morgan fingerprint density at radius 1 is 1.33 bits per heavy atom. The number of aromatic nitrogens is 1. The Balaban J connectivity index is 1.73. The Kier molecular flexibility index (Phi) is 4.34. The van der Waals surface area contributed by atoms with Crippen molar-refractivity contribution in [3.05, 3.63) is 36.0 Å².